The second-order valence-corrected chi connectivity index (χ2v) is 8.96. The van der Waals surface area contributed by atoms with Gasteiger partial charge < -0.3 is 14.8 Å². The normalized spacial score (nSPS) is 15.6. The molecule has 0 saturated heterocycles. The smallest absolute Gasteiger partial charge is 0.291 e. The number of anilines is 1. The van der Waals surface area contributed by atoms with E-state index in [1.165, 1.54) is 0 Å². The molecule has 4 aromatic heterocycles. The molecule has 2 amide bonds. The van der Waals surface area contributed by atoms with Crippen molar-refractivity contribution < 1.29 is 9.59 Å². The number of hydrogen-bond donors (Lipinski definition) is 3. The molecule has 0 aliphatic carbocycles. The van der Waals surface area contributed by atoms with Crippen molar-refractivity contribution >= 4 is 39.7 Å². The fourth-order valence-corrected chi connectivity index (χ4v) is 5.06. The highest BCUT2D eigenvalue weighted by Gasteiger charge is 2.32. The zero-order valence-electron chi connectivity index (χ0n) is 18.1. The Morgan fingerprint density at radius 1 is 1.26 bits per heavy atom. The molecular weight excluding hydrogens is 452 g/mol. The zero-order chi connectivity index (χ0) is 23.2. The summed E-state index contributed by atoms with van der Waals surface area (Å²) >= 11 is 1.60. The minimum atomic E-state index is -0.783. The lowest BCUT2D eigenvalue weighted by atomic mass is 10.1. The lowest BCUT2D eigenvalue weighted by Crippen LogP contribution is -2.48. The van der Waals surface area contributed by atoms with E-state index >= 15 is 0 Å². The summed E-state index contributed by atoms with van der Waals surface area (Å²) in [6, 6.07) is 8.97. The van der Waals surface area contributed by atoms with Gasteiger partial charge >= 0.3 is 0 Å². The third kappa shape index (κ3) is 3.37. The molecule has 1 aromatic carbocycles. The largest absolute Gasteiger partial charge is 0.342 e. The summed E-state index contributed by atoms with van der Waals surface area (Å²) in [6.45, 7) is 0.281. The standard InChI is InChI=1S/C23H20N8O2S/c1-30-18-4-2-3-14-15(16-5-7-24-27-16)10-31(20(14)18)11-17(23(30)33)25-22(32)21-26-19(28-29-21)9-13-6-8-34-12-13/h2-8,10,12,17H,9,11H2,1H3,(H,24,27)(H,25,32)(H,26,28,29)/t17-/m0/s1. The SMILES string of the molecule is CN1C(=O)[C@@H](NC(=O)c2n[nH]c(Cc3ccsc3)n2)Cn2cc(-c3ccn[nH]3)c3cccc1c32. The predicted molar refractivity (Wildman–Crippen MR) is 128 cm³/mol. The molecule has 170 valence electrons. The van der Waals surface area contributed by atoms with Crippen LogP contribution in [0.25, 0.3) is 22.2 Å². The van der Waals surface area contributed by atoms with Crippen LogP contribution in [0.2, 0.25) is 0 Å². The number of carbonyl (C=O) groups is 2. The first kappa shape index (κ1) is 20.4. The summed E-state index contributed by atoms with van der Waals surface area (Å²) in [4.78, 5) is 32.1. The maximum absolute atomic E-state index is 13.3. The van der Waals surface area contributed by atoms with Crippen LogP contribution in [0.3, 0.4) is 0 Å². The summed E-state index contributed by atoms with van der Waals surface area (Å²) in [5.41, 5.74) is 4.66. The molecule has 5 heterocycles. The Kier molecular flexibility index (Phi) is 4.77. The topological polar surface area (TPSA) is 125 Å². The van der Waals surface area contributed by atoms with Crippen LogP contribution in [-0.2, 0) is 17.8 Å². The first-order chi connectivity index (χ1) is 16.6. The molecule has 0 fully saturated rings. The summed E-state index contributed by atoms with van der Waals surface area (Å²) in [7, 11) is 1.72. The van der Waals surface area contributed by atoms with Gasteiger partial charge in [-0.15, -0.1) is 5.10 Å². The van der Waals surface area contributed by atoms with E-state index in [9.17, 15) is 9.59 Å². The van der Waals surface area contributed by atoms with E-state index in [4.69, 9.17) is 0 Å². The number of H-pyrrole nitrogens is 2. The Hall–Kier alpha value is -4.25. The van der Waals surface area contributed by atoms with Gasteiger partial charge in [0.25, 0.3) is 11.8 Å². The van der Waals surface area contributed by atoms with Crippen LogP contribution in [-0.4, -0.2) is 54.8 Å². The number of thiophene rings is 1. The molecule has 6 rings (SSSR count). The average Bonchev–Trinajstić information content (AvgIpc) is 3.64. The van der Waals surface area contributed by atoms with Gasteiger partial charge in [0.15, 0.2) is 0 Å². The van der Waals surface area contributed by atoms with Crippen molar-refractivity contribution in [1.29, 1.82) is 0 Å². The molecule has 1 aliphatic rings. The highest BCUT2D eigenvalue weighted by atomic mass is 32.1. The third-order valence-corrected chi connectivity index (χ3v) is 6.76. The number of likely N-dealkylation sites (N-methyl/N-ethyl adjacent to an activating group) is 1. The fourth-order valence-electron chi connectivity index (χ4n) is 4.40. The van der Waals surface area contributed by atoms with Gasteiger partial charge in [-0.3, -0.25) is 19.8 Å². The van der Waals surface area contributed by atoms with Crippen LogP contribution >= 0.6 is 11.3 Å². The number of nitrogens with one attached hydrogen (secondary N) is 3. The number of carbonyl (C=O) groups excluding carboxylic acids is 2. The number of amides is 2. The molecule has 5 aromatic rings. The monoisotopic (exact) mass is 472 g/mol. The quantitative estimate of drug-likeness (QED) is 0.363. The minimum absolute atomic E-state index is 0.0123. The van der Waals surface area contributed by atoms with Gasteiger partial charge in [-0.25, -0.2) is 4.98 Å². The summed E-state index contributed by atoms with van der Waals surface area (Å²) < 4.78 is 2.01. The zero-order valence-corrected chi connectivity index (χ0v) is 19.0. The molecule has 1 aliphatic heterocycles. The van der Waals surface area contributed by atoms with E-state index in [1.54, 1.807) is 29.5 Å². The van der Waals surface area contributed by atoms with Crippen LogP contribution in [0.15, 0.2) is 53.5 Å². The first-order valence-electron chi connectivity index (χ1n) is 10.7. The van der Waals surface area contributed by atoms with E-state index in [1.807, 2.05) is 51.9 Å². The van der Waals surface area contributed by atoms with Gasteiger partial charge in [0.05, 0.1) is 23.4 Å². The highest BCUT2D eigenvalue weighted by Crippen LogP contribution is 2.36. The molecule has 0 radical (unpaired) electrons. The van der Waals surface area contributed by atoms with E-state index in [0.29, 0.717) is 12.2 Å². The van der Waals surface area contributed by atoms with E-state index in [0.717, 1.165) is 33.4 Å². The van der Waals surface area contributed by atoms with Gasteiger partial charge in [0.2, 0.25) is 5.82 Å². The number of nitrogens with zero attached hydrogens (tertiary/aromatic N) is 5. The number of hydrogen-bond acceptors (Lipinski definition) is 6. The molecule has 11 heteroatoms. The molecule has 0 unspecified atom stereocenters. The Morgan fingerprint density at radius 2 is 2.18 bits per heavy atom. The van der Waals surface area contributed by atoms with Crippen molar-refractivity contribution in [2.75, 3.05) is 11.9 Å². The molecular formula is C23H20N8O2S. The van der Waals surface area contributed by atoms with Gasteiger partial charge in [0.1, 0.15) is 11.9 Å². The number of benzene rings is 1. The van der Waals surface area contributed by atoms with Crippen molar-refractivity contribution in [3.63, 3.8) is 0 Å². The van der Waals surface area contributed by atoms with Crippen LogP contribution in [0.4, 0.5) is 5.69 Å². The minimum Gasteiger partial charge on any atom is -0.342 e. The van der Waals surface area contributed by atoms with Crippen molar-refractivity contribution in [2.24, 2.45) is 0 Å². The molecule has 0 saturated carbocycles. The number of rotatable bonds is 5. The highest BCUT2D eigenvalue weighted by molar-refractivity contribution is 7.07. The van der Waals surface area contributed by atoms with Crippen LogP contribution in [0.1, 0.15) is 22.0 Å². The van der Waals surface area contributed by atoms with E-state index in [-0.39, 0.29) is 18.3 Å². The van der Waals surface area contributed by atoms with Gasteiger partial charge in [-0.2, -0.15) is 16.4 Å². The molecule has 3 N–H and O–H groups in total. The van der Waals surface area contributed by atoms with Crippen molar-refractivity contribution in [2.45, 2.75) is 19.0 Å². The van der Waals surface area contributed by atoms with Crippen LogP contribution < -0.4 is 10.2 Å². The number of para-hydroxylation sites is 1. The lowest BCUT2D eigenvalue weighted by molar-refractivity contribution is -0.120. The molecule has 1 atom stereocenters. The van der Waals surface area contributed by atoms with Gasteiger partial charge in [-0.05, 0) is 34.5 Å². The van der Waals surface area contributed by atoms with Crippen LogP contribution in [0.5, 0.6) is 0 Å². The summed E-state index contributed by atoms with van der Waals surface area (Å²) in [5.74, 6) is -0.0979. The predicted octanol–water partition coefficient (Wildman–Crippen LogP) is 2.58. The van der Waals surface area contributed by atoms with Gasteiger partial charge in [-0.1, -0.05) is 12.1 Å². The first-order valence-corrected chi connectivity index (χ1v) is 11.6. The molecule has 34 heavy (non-hydrogen) atoms. The summed E-state index contributed by atoms with van der Waals surface area (Å²) in [6.07, 6.45) is 4.25. The maximum Gasteiger partial charge on any atom is 0.291 e. The van der Waals surface area contributed by atoms with Crippen molar-refractivity contribution in [3.05, 3.63) is 70.7 Å². The molecule has 10 nitrogen and oxygen atoms in total. The number of aromatic amines is 2. The third-order valence-electron chi connectivity index (χ3n) is 6.03. The van der Waals surface area contributed by atoms with E-state index in [2.05, 4.69) is 30.7 Å². The lowest BCUT2D eigenvalue weighted by Gasteiger charge is -2.21. The van der Waals surface area contributed by atoms with Gasteiger partial charge in [0, 0.05) is 36.8 Å². The number of aromatic nitrogens is 6. The van der Waals surface area contributed by atoms with E-state index < -0.39 is 11.9 Å². The Morgan fingerprint density at radius 3 is 2.97 bits per heavy atom. The Labute approximate surface area is 197 Å². The Balaban J connectivity index is 1.30. The second-order valence-electron chi connectivity index (χ2n) is 8.18. The Bertz CT molecular complexity index is 1500. The van der Waals surface area contributed by atoms with Crippen molar-refractivity contribution in [1.82, 2.24) is 35.3 Å². The fraction of sp³-hybridized carbons (Fsp3) is 0.174. The van der Waals surface area contributed by atoms with Crippen LogP contribution in [0, 0.1) is 0 Å². The van der Waals surface area contributed by atoms with Crippen molar-refractivity contribution in [3.8, 4) is 11.3 Å². The maximum atomic E-state index is 13.3. The molecule has 0 bridgehead atoms. The second kappa shape index (κ2) is 7.96. The molecule has 0 spiro atoms. The average molecular weight is 473 g/mol. The summed E-state index contributed by atoms with van der Waals surface area (Å²) in [5, 5.41) is 21.8.